The highest BCUT2D eigenvalue weighted by Crippen LogP contribution is 2.42. The molecule has 7 heteroatoms. The molecule has 3 aromatic carbocycles. The summed E-state index contributed by atoms with van der Waals surface area (Å²) in [5, 5.41) is 23.6. The molecule has 0 aliphatic carbocycles. The van der Waals surface area contributed by atoms with Gasteiger partial charge in [-0.25, -0.2) is 0 Å². The second kappa shape index (κ2) is 9.57. The van der Waals surface area contributed by atoms with E-state index in [1.807, 2.05) is 49.3 Å². The normalized spacial score (nSPS) is 17.6. The lowest BCUT2D eigenvalue weighted by Crippen LogP contribution is -2.32. The number of rotatable bonds is 7. The van der Waals surface area contributed by atoms with Crippen LogP contribution in [0.15, 0.2) is 66.2 Å². The Bertz CT molecular complexity index is 1280. The molecule has 1 saturated heterocycles. The molecule has 2 N–H and O–H groups in total. The number of benzene rings is 3. The zero-order valence-corrected chi connectivity index (χ0v) is 19.5. The van der Waals surface area contributed by atoms with Gasteiger partial charge in [0.05, 0.1) is 18.7 Å². The van der Waals surface area contributed by atoms with Crippen molar-refractivity contribution in [2.45, 2.75) is 12.5 Å². The number of methoxy groups -OCH3 is 1. The van der Waals surface area contributed by atoms with Crippen LogP contribution in [-0.2, 0) is 9.59 Å². The first-order valence-corrected chi connectivity index (χ1v) is 11.1. The molecule has 0 spiro atoms. The molecule has 3 aromatic rings. The monoisotopic (exact) mass is 460 g/mol. The van der Waals surface area contributed by atoms with Gasteiger partial charge in [0.2, 0.25) is 0 Å². The number of ketones is 1. The van der Waals surface area contributed by atoms with Crippen molar-refractivity contribution in [2.24, 2.45) is 0 Å². The number of hydrogen-bond acceptors (Lipinski definition) is 6. The van der Waals surface area contributed by atoms with Gasteiger partial charge in [-0.1, -0.05) is 42.5 Å². The first kappa shape index (κ1) is 23.3. The molecule has 176 valence electrons. The number of aliphatic hydroxyl groups excluding tert-OH is 1. The van der Waals surface area contributed by atoms with Crippen molar-refractivity contribution in [1.29, 1.82) is 0 Å². The summed E-state index contributed by atoms with van der Waals surface area (Å²) in [5.41, 5.74) is 0.979. The fourth-order valence-electron chi connectivity index (χ4n) is 4.38. The average Bonchev–Trinajstić information content (AvgIpc) is 3.08. The molecule has 1 unspecified atom stereocenters. The highest BCUT2D eigenvalue weighted by atomic mass is 16.5. The molecule has 0 saturated carbocycles. The van der Waals surface area contributed by atoms with Gasteiger partial charge in [-0.05, 0) is 61.6 Å². The lowest BCUT2D eigenvalue weighted by atomic mass is 9.94. The van der Waals surface area contributed by atoms with Crippen LogP contribution in [0.3, 0.4) is 0 Å². The van der Waals surface area contributed by atoms with Gasteiger partial charge in [0.15, 0.2) is 11.5 Å². The summed E-state index contributed by atoms with van der Waals surface area (Å²) >= 11 is 0. The number of nitrogens with zero attached hydrogens (tertiary/aromatic N) is 2. The highest BCUT2D eigenvalue weighted by Gasteiger charge is 2.46. The Hall–Kier alpha value is -3.84. The average molecular weight is 461 g/mol. The van der Waals surface area contributed by atoms with Crippen LogP contribution in [0, 0.1) is 0 Å². The first-order valence-electron chi connectivity index (χ1n) is 11.1. The lowest BCUT2D eigenvalue weighted by molar-refractivity contribution is -0.139. The summed E-state index contributed by atoms with van der Waals surface area (Å²) in [6, 6.07) is 17.0. The maximum atomic E-state index is 13.2. The molecule has 0 bridgehead atoms. The number of aliphatic hydroxyl groups is 1. The highest BCUT2D eigenvalue weighted by molar-refractivity contribution is 6.46. The number of carbonyl (C=O) groups is 2. The molecule has 1 aliphatic rings. The fourth-order valence-corrected chi connectivity index (χ4v) is 4.38. The number of phenols is 1. The van der Waals surface area contributed by atoms with Crippen LogP contribution in [0.1, 0.15) is 23.6 Å². The van der Waals surface area contributed by atoms with Crippen LogP contribution in [0.4, 0.5) is 0 Å². The van der Waals surface area contributed by atoms with Crippen LogP contribution in [0.5, 0.6) is 11.5 Å². The van der Waals surface area contributed by atoms with E-state index in [-0.39, 0.29) is 22.8 Å². The minimum Gasteiger partial charge on any atom is -0.507 e. The molecule has 1 aliphatic heterocycles. The summed E-state index contributed by atoms with van der Waals surface area (Å²) in [7, 11) is 5.32. The predicted octanol–water partition coefficient (Wildman–Crippen LogP) is 3.93. The summed E-state index contributed by atoms with van der Waals surface area (Å²) in [6.07, 6.45) is 0.647. The van der Waals surface area contributed by atoms with Crippen LogP contribution in [0.2, 0.25) is 0 Å². The smallest absolute Gasteiger partial charge is 0.295 e. The van der Waals surface area contributed by atoms with E-state index in [4.69, 9.17) is 4.74 Å². The van der Waals surface area contributed by atoms with Gasteiger partial charge >= 0.3 is 0 Å². The minimum atomic E-state index is -0.828. The molecule has 1 atom stereocenters. The number of ether oxygens (including phenoxy) is 1. The number of phenolic OH excluding ortho intramolecular Hbond substituents is 1. The third-order valence-corrected chi connectivity index (χ3v) is 6.09. The van der Waals surface area contributed by atoms with Gasteiger partial charge in [-0.2, -0.15) is 0 Å². The zero-order valence-electron chi connectivity index (χ0n) is 19.5. The standard InChI is InChI=1S/C27H28N2O5/c1-28(2)13-6-14-29-24(19-11-12-22(34-3)21(30)16-19)23(26(32)27(29)33)25(31)20-10-9-17-7-4-5-8-18(17)15-20/h4-5,7-12,15-16,24,30-31H,6,13-14H2,1-3H3/b25-23-. The number of aromatic hydroxyl groups is 1. The van der Waals surface area contributed by atoms with E-state index in [2.05, 4.69) is 0 Å². The number of carbonyl (C=O) groups excluding carboxylic acids is 2. The van der Waals surface area contributed by atoms with Crippen molar-refractivity contribution < 1.29 is 24.5 Å². The van der Waals surface area contributed by atoms with E-state index in [9.17, 15) is 19.8 Å². The van der Waals surface area contributed by atoms with Crippen molar-refractivity contribution in [3.8, 4) is 11.5 Å². The fraction of sp³-hybridized carbons (Fsp3) is 0.259. The van der Waals surface area contributed by atoms with Crippen molar-refractivity contribution in [3.05, 3.63) is 77.4 Å². The molecule has 34 heavy (non-hydrogen) atoms. The molecular weight excluding hydrogens is 432 g/mol. The largest absolute Gasteiger partial charge is 0.507 e. The van der Waals surface area contributed by atoms with Crippen LogP contribution in [0.25, 0.3) is 16.5 Å². The molecule has 1 heterocycles. The van der Waals surface area contributed by atoms with Crippen LogP contribution >= 0.6 is 0 Å². The maximum Gasteiger partial charge on any atom is 0.295 e. The topological polar surface area (TPSA) is 90.3 Å². The lowest BCUT2D eigenvalue weighted by Gasteiger charge is -2.26. The Morgan fingerprint density at radius 2 is 1.76 bits per heavy atom. The molecular formula is C27H28N2O5. The number of likely N-dealkylation sites (tertiary alicyclic amines) is 1. The number of hydrogen-bond donors (Lipinski definition) is 2. The number of amides is 1. The Balaban J connectivity index is 1.84. The van der Waals surface area contributed by atoms with E-state index >= 15 is 0 Å². The van der Waals surface area contributed by atoms with Gasteiger partial charge in [0.25, 0.3) is 11.7 Å². The van der Waals surface area contributed by atoms with E-state index in [1.165, 1.54) is 18.1 Å². The Labute approximate surface area is 198 Å². The third kappa shape index (κ3) is 4.34. The van der Waals surface area contributed by atoms with Crippen molar-refractivity contribution in [1.82, 2.24) is 9.80 Å². The van der Waals surface area contributed by atoms with Crippen molar-refractivity contribution in [3.63, 3.8) is 0 Å². The number of Topliss-reactive ketones (excluding diaryl/α,β-unsaturated/α-hetero) is 1. The summed E-state index contributed by atoms with van der Waals surface area (Å²) in [4.78, 5) is 29.7. The van der Waals surface area contributed by atoms with E-state index in [1.54, 1.807) is 24.3 Å². The molecule has 1 amide bonds. The van der Waals surface area contributed by atoms with E-state index in [0.717, 1.165) is 17.3 Å². The maximum absolute atomic E-state index is 13.2. The van der Waals surface area contributed by atoms with Crippen LogP contribution in [-0.4, -0.2) is 66.0 Å². The first-order chi connectivity index (χ1) is 16.3. The SMILES string of the molecule is COc1ccc(C2/C(=C(/O)c3ccc4ccccc4c3)C(=O)C(=O)N2CCCN(C)C)cc1O. The van der Waals surface area contributed by atoms with Crippen molar-refractivity contribution in [2.75, 3.05) is 34.3 Å². The Kier molecular flexibility index (Phi) is 6.56. The third-order valence-electron chi connectivity index (χ3n) is 6.09. The molecule has 4 rings (SSSR count). The summed E-state index contributed by atoms with van der Waals surface area (Å²) < 4.78 is 5.14. The van der Waals surface area contributed by atoms with Gasteiger partial charge < -0.3 is 24.7 Å². The quantitative estimate of drug-likeness (QED) is 0.316. The van der Waals surface area contributed by atoms with Gasteiger partial charge in [-0.3, -0.25) is 9.59 Å². The molecule has 0 radical (unpaired) electrons. The molecule has 0 aromatic heterocycles. The van der Waals surface area contributed by atoms with Crippen molar-refractivity contribution >= 4 is 28.2 Å². The van der Waals surface area contributed by atoms with Gasteiger partial charge in [-0.15, -0.1) is 0 Å². The second-order valence-electron chi connectivity index (χ2n) is 8.64. The van der Waals surface area contributed by atoms with Gasteiger partial charge in [0.1, 0.15) is 5.76 Å². The molecule has 1 fully saturated rings. The van der Waals surface area contributed by atoms with Gasteiger partial charge in [0, 0.05) is 12.1 Å². The summed E-state index contributed by atoms with van der Waals surface area (Å²) in [5.74, 6) is -1.47. The Morgan fingerprint density at radius 1 is 1.03 bits per heavy atom. The van der Waals surface area contributed by atoms with E-state index < -0.39 is 17.7 Å². The molecule has 7 nitrogen and oxygen atoms in total. The number of fused-ring (bicyclic) bond motifs is 1. The zero-order chi connectivity index (χ0) is 24.4. The minimum absolute atomic E-state index is 0.00898. The predicted molar refractivity (Wildman–Crippen MR) is 131 cm³/mol. The van der Waals surface area contributed by atoms with Crippen LogP contribution < -0.4 is 4.74 Å². The Morgan fingerprint density at radius 3 is 2.44 bits per heavy atom. The summed E-state index contributed by atoms with van der Waals surface area (Å²) in [6.45, 7) is 1.06. The second-order valence-corrected chi connectivity index (χ2v) is 8.64. The van der Waals surface area contributed by atoms with E-state index in [0.29, 0.717) is 24.1 Å².